The Morgan fingerprint density at radius 2 is 2.21 bits per heavy atom. The summed E-state index contributed by atoms with van der Waals surface area (Å²) >= 11 is 5.53. The van der Waals surface area contributed by atoms with E-state index in [2.05, 4.69) is 25.9 Å². The second kappa shape index (κ2) is 6.03. The molecule has 2 rings (SSSR count). The van der Waals surface area contributed by atoms with E-state index in [4.69, 9.17) is 17.5 Å². The molecule has 0 aliphatic heterocycles. The number of rotatable bonds is 4. The van der Waals surface area contributed by atoms with Crippen molar-refractivity contribution in [1.29, 1.82) is 0 Å². The SMILES string of the molecule is NC(=O)c1cnc(N[C@@H]2CCCC[C@@H]2[NH3+])nc1NCl. The molecule has 0 saturated heterocycles. The van der Waals surface area contributed by atoms with Crippen LogP contribution < -0.4 is 21.6 Å². The van der Waals surface area contributed by atoms with Crippen molar-refractivity contribution < 1.29 is 10.5 Å². The van der Waals surface area contributed by atoms with E-state index in [9.17, 15) is 4.79 Å². The monoisotopic (exact) mass is 285 g/mol. The minimum Gasteiger partial charge on any atom is -0.365 e. The number of halogens is 1. The lowest BCUT2D eigenvalue weighted by Crippen LogP contribution is -2.68. The molecule has 1 aliphatic carbocycles. The lowest BCUT2D eigenvalue weighted by molar-refractivity contribution is -0.427. The van der Waals surface area contributed by atoms with Crippen molar-refractivity contribution in [3.8, 4) is 0 Å². The molecule has 0 spiro atoms. The third-order valence-electron chi connectivity index (χ3n) is 3.37. The molecule has 0 unspecified atom stereocenters. The average molecular weight is 286 g/mol. The molecule has 2 atom stereocenters. The van der Waals surface area contributed by atoms with Crippen LogP contribution in [0.1, 0.15) is 36.0 Å². The number of hydrogen-bond acceptors (Lipinski definition) is 5. The highest BCUT2D eigenvalue weighted by Crippen LogP contribution is 2.20. The molecule has 8 heteroatoms. The highest BCUT2D eigenvalue weighted by molar-refractivity contribution is 6.24. The Kier molecular flexibility index (Phi) is 4.39. The van der Waals surface area contributed by atoms with Gasteiger partial charge in [0.15, 0.2) is 5.82 Å². The predicted octanol–water partition coefficient (Wildman–Crippen LogP) is 0.106. The van der Waals surface area contributed by atoms with Crippen LogP contribution in [0.5, 0.6) is 0 Å². The molecule has 1 aliphatic rings. The van der Waals surface area contributed by atoms with Crippen molar-refractivity contribution >= 4 is 29.5 Å². The second-order valence-electron chi connectivity index (χ2n) is 4.71. The molecule has 1 aromatic rings. The van der Waals surface area contributed by atoms with Crippen LogP contribution in [0.2, 0.25) is 0 Å². The first kappa shape index (κ1) is 13.8. The van der Waals surface area contributed by atoms with E-state index in [0.29, 0.717) is 12.0 Å². The molecular weight excluding hydrogens is 268 g/mol. The van der Waals surface area contributed by atoms with Crippen molar-refractivity contribution in [2.45, 2.75) is 37.8 Å². The molecule has 7 N–H and O–H groups in total. The van der Waals surface area contributed by atoms with Crippen LogP contribution in [0.15, 0.2) is 6.20 Å². The minimum absolute atomic E-state index is 0.162. The van der Waals surface area contributed by atoms with Crippen molar-refractivity contribution in [1.82, 2.24) is 9.97 Å². The topological polar surface area (TPSA) is 121 Å². The standard InChI is InChI=1S/C11H17ClN6O/c12-18-10-6(9(14)19)5-15-11(17-10)16-8-4-2-1-3-7(8)13/h5,7-8H,1-4,13H2,(H2,14,19)(H2,15,16,17,18)/p+1/t7-,8+/m0/s1. The first-order chi connectivity index (χ1) is 9.11. The molecule has 1 aromatic heterocycles. The Hall–Kier alpha value is -1.60. The summed E-state index contributed by atoms with van der Waals surface area (Å²) < 4.78 is 0. The summed E-state index contributed by atoms with van der Waals surface area (Å²) in [6.07, 6.45) is 5.88. The number of nitrogens with two attached hydrogens (primary N) is 1. The van der Waals surface area contributed by atoms with E-state index in [1.165, 1.54) is 19.0 Å². The Morgan fingerprint density at radius 1 is 1.47 bits per heavy atom. The van der Waals surface area contributed by atoms with Gasteiger partial charge in [0, 0.05) is 24.4 Å². The van der Waals surface area contributed by atoms with Gasteiger partial charge in [-0.3, -0.25) is 9.63 Å². The summed E-state index contributed by atoms with van der Waals surface area (Å²) in [6.45, 7) is 0. The van der Waals surface area contributed by atoms with Crippen LogP contribution in [0.25, 0.3) is 0 Å². The Morgan fingerprint density at radius 3 is 2.84 bits per heavy atom. The fraction of sp³-hybridized carbons (Fsp3) is 0.545. The highest BCUT2D eigenvalue weighted by atomic mass is 35.5. The van der Waals surface area contributed by atoms with Crippen LogP contribution in [-0.2, 0) is 0 Å². The number of primary amides is 1. The molecule has 1 heterocycles. The number of amides is 1. The van der Waals surface area contributed by atoms with Gasteiger partial charge >= 0.3 is 0 Å². The van der Waals surface area contributed by atoms with Crippen LogP contribution in [0.3, 0.4) is 0 Å². The quantitative estimate of drug-likeness (QED) is 0.585. The summed E-state index contributed by atoms with van der Waals surface area (Å²) in [5.41, 5.74) is 9.49. The van der Waals surface area contributed by atoms with E-state index < -0.39 is 5.91 Å². The van der Waals surface area contributed by atoms with E-state index in [0.717, 1.165) is 12.8 Å². The highest BCUT2D eigenvalue weighted by Gasteiger charge is 2.25. The molecule has 1 amide bonds. The maximum atomic E-state index is 11.1. The lowest BCUT2D eigenvalue weighted by atomic mass is 9.91. The van der Waals surface area contributed by atoms with Gasteiger partial charge < -0.3 is 16.8 Å². The number of carbonyl (C=O) groups excluding carboxylic acids is 1. The Labute approximate surface area is 116 Å². The minimum atomic E-state index is -0.623. The van der Waals surface area contributed by atoms with Gasteiger partial charge in [0.25, 0.3) is 5.91 Å². The molecule has 0 bridgehead atoms. The van der Waals surface area contributed by atoms with Gasteiger partial charge in [0.05, 0.1) is 6.04 Å². The molecular formula is C11H18ClN6O+. The molecule has 7 nitrogen and oxygen atoms in total. The maximum Gasteiger partial charge on any atom is 0.254 e. The molecule has 19 heavy (non-hydrogen) atoms. The van der Waals surface area contributed by atoms with Gasteiger partial charge in [-0.1, -0.05) is 6.42 Å². The lowest BCUT2D eigenvalue weighted by Gasteiger charge is -2.26. The zero-order chi connectivity index (χ0) is 13.8. The summed E-state index contributed by atoms with van der Waals surface area (Å²) in [5.74, 6) is 0.0131. The van der Waals surface area contributed by atoms with Crippen LogP contribution in [0, 0.1) is 0 Å². The summed E-state index contributed by atoms with van der Waals surface area (Å²) in [5, 5.41) is 3.24. The number of carbonyl (C=O) groups is 1. The first-order valence-corrected chi connectivity index (χ1v) is 6.62. The van der Waals surface area contributed by atoms with Crippen molar-refractivity contribution in [3.63, 3.8) is 0 Å². The third-order valence-corrected chi connectivity index (χ3v) is 3.55. The van der Waals surface area contributed by atoms with Crippen molar-refractivity contribution in [2.75, 3.05) is 10.2 Å². The zero-order valence-electron chi connectivity index (χ0n) is 10.5. The number of hydrogen-bond donors (Lipinski definition) is 4. The summed E-state index contributed by atoms with van der Waals surface area (Å²) in [6, 6.07) is 0.580. The number of nitrogens with one attached hydrogen (secondary N) is 2. The summed E-state index contributed by atoms with van der Waals surface area (Å²) in [7, 11) is 0. The van der Waals surface area contributed by atoms with Gasteiger partial charge in [0.1, 0.15) is 11.6 Å². The van der Waals surface area contributed by atoms with Crippen LogP contribution in [-0.4, -0.2) is 28.0 Å². The van der Waals surface area contributed by atoms with E-state index in [1.807, 2.05) is 0 Å². The van der Waals surface area contributed by atoms with Gasteiger partial charge in [-0.2, -0.15) is 4.98 Å². The van der Waals surface area contributed by atoms with Gasteiger partial charge in [-0.05, 0) is 12.8 Å². The Balaban J connectivity index is 2.14. The molecule has 1 saturated carbocycles. The van der Waals surface area contributed by atoms with Gasteiger partial charge in [0.2, 0.25) is 5.95 Å². The van der Waals surface area contributed by atoms with Gasteiger partial charge in [-0.25, -0.2) is 4.98 Å². The number of anilines is 2. The van der Waals surface area contributed by atoms with Crippen molar-refractivity contribution in [3.05, 3.63) is 11.8 Å². The summed E-state index contributed by atoms with van der Waals surface area (Å²) in [4.78, 5) is 21.7. The van der Waals surface area contributed by atoms with E-state index >= 15 is 0 Å². The van der Waals surface area contributed by atoms with Gasteiger partial charge in [-0.15, -0.1) is 0 Å². The zero-order valence-corrected chi connectivity index (χ0v) is 11.3. The Bertz CT molecular complexity index is 468. The average Bonchev–Trinajstić information content (AvgIpc) is 2.41. The normalized spacial score (nSPS) is 22.8. The number of nitrogens with zero attached hydrogens (tertiary/aromatic N) is 2. The van der Waals surface area contributed by atoms with Crippen LogP contribution >= 0.6 is 11.8 Å². The maximum absolute atomic E-state index is 11.1. The number of aromatic nitrogens is 2. The van der Waals surface area contributed by atoms with E-state index in [-0.39, 0.29) is 17.4 Å². The van der Waals surface area contributed by atoms with Crippen molar-refractivity contribution in [2.24, 2.45) is 5.73 Å². The smallest absolute Gasteiger partial charge is 0.254 e. The van der Waals surface area contributed by atoms with E-state index in [1.54, 1.807) is 0 Å². The third kappa shape index (κ3) is 3.24. The molecule has 1 fully saturated rings. The second-order valence-corrected chi connectivity index (χ2v) is 4.90. The fourth-order valence-electron chi connectivity index (χ4n) is 2.27. The van der Waals surface area contributed by atoms with Crippen LogP contribution in [0.4, 0.5) is 11.8 Å². The largest absolute Gasteiger partial charge is 0.365 e. The predicted molar refractivity (Wildman–Crippen MR) is 72.6 cm³/mol. The number of quaternary nitrogens is 1. The first-order valence-electron chi connectivity index (χ1n) is 6.25. The molecule has 0 aromatic carbocycles. The fourth-order valence-corrected chi connectivity index (χ4v) is 2.41. The molecule has 0 radical (unpaired) electrons. The molecule has 104 valence electrons.